The molecule has 1 aromatic heterocycles. The van der Waals surface area contributed by atoms with Crippen LogP contribution in [0.3, 0.4) is 0 Å². The second-order valence-corrected chi connectivity index (χ2v) is 7.74. The summed E-state index contributed by atoms with van der Waals surface area (Å²) >= 11 is 0. The van der Waals surface area contributed by atoms with Gasteiger partial charge in [-0.15, -0.1) is 0 Å². The van der Waals surface area contributed by atoms with Crippen molar-refractivity contribution in [1.82, 2.24) is 10.2 Å². The van der Waals surface area contributed by atoms with Crippen LogP contribution in [-0.4, -0.2) is 37.4 Å². The third-order valence-electron chi connectivity index (χ3n) is 5.11. The van der Waals surface area contributed by atoms with Crippen molar-refractivity contribution in [3.8, 4) is 5.75 Å². The van der Waals surface area contributed by atoms with Crippen molar-refractivity contribution in [2.24, 2.45) is 0 Å². The molecule has 31 heavy (non-hydrogen) atoms. The first kappa shape index (κ1) is 22.1. The van der Waals surface area contributed by atoms with Gasteiger partial charge in [-0.2, -0.15) is 0 Å². The summed E-state index contributed by atoms with van der Waals surface area (Å²) in [6, 6.07) is 10.7. The number of rotatable bonds is 6. The van der Waals surface area contributed by atoms with E-state index in [4.69, 9.17) is 9.15 Å². The number of fused-ring (bicyclic) bond motifs is 1. The van der Waals surface area contributed by atoms with E-state index in [1.807, 2.05) is 19.9 Å². The minimum atomic E-state index is -0.377. The Balaban J connectivity index is 1.66. The number of nitrogens with zero attached hydrogens (tertiary/aromatic N) is 1. The molecule has 0 saturated heterocycles. The maximum atomic E-state index is 12.3. The molecule has 0 bridgehead atoms. The molecule has 3 rings (SSSR count). The van der Waals surface area contributed by atoms with Crippen LogP contribution in [0, 0.1) is 20.8 Å². The van der Waals surface area contributed by atoms with Crippen molar-refractivity contribution in [2.45, 2.75) is 27.3 Å². The summed E-state index contributed by atoms with van der Waals surface area (Å²) in [5, 5.41) is 3.50. The van der Waals surface area contributed by atoms with E-state index in [2.05, 4.69) is 5.32 Å². The predicted molar refractivity (Wildman–Crippen MR) is 118 cm³/mol. The maximum absolute atomic E-state index is 12.3. The standard InChI is InChI=1S/C24H26N2O5/c1-14-10-19(22-15(2)16(3)24(29)31-20(22)11-14)30-13-21(27)25-12-17-6-8-18(9-7-17)23(28)26(4)5/h6-11H,12-13H2,1-5H3,(H,25,27). The van der Waals surface area contributed by atoms with E-state index in [0.29, 0.717) is 34.4 Å². The number of ether oxygens (including phenoxy) is 1. The fourth-order valence-electron chi connectivity index (χ4n) is 3.22. The third-order valence-corrected chi connectivity index (χ3v) is 5.11. The molecular weight excluding hydrogens is 396 g/mol. The number of carbonyl (C=O) groups is 2. The maximum Gasteiger partial charge on any atom is 0.339 e. The number of nitrogens with one attached hydrogen (secondary N) is 1. The molecule has 3 aromatic rings. The first-order valence-corrected chi connectivity index (χ1v) is 9.92. The lowest BCUT2D eigenvalue weighted by Gasteiger charge is -2.13. The number of aryl methyl sites for hydroxylation is 2. The molecule has 2 aromatic carbocycles. The Morgan fingerprint density at radius 3 is 2.35 bits per heavy atom. The highest BCUT2D eigenvalue weighted by Gasteiger charge is 2.14. The summed E-state index contributed by atoms with van der Waals surface area (Å²) in [5.41, 5.74) is 3.68. The van der Waals surface area contributed by atoms with Crippen molar-refractivity contribution in [3.05, 3.63) is 74.6 Å². The number of carbonyl (C=O) groups excluding carboxylic acids is 2. The van der Waals surface area contributed by atoms with Crippen molar-refractivity contribution in [1.29, 1.82) is 0 Å². The zero-order chi connectivity index (χ0) is 22.7. The molecule has 0 aliphatic heterocycles. The number of amides is 2. The molecule has 0 atom stereocenters. The number of hydrogen-bond acceptors (Lipinski definition) is 5. The average Bonchev–Trinajstić information content (AvgIpc) is 2.73. The molecule has 0 spiro atoms. The second kappa shape index (κ2) is 9.04. The highest BCUT2D eigenvalue weighted by molar-refractivity contribution is 5.94. The second-order valence-electron chi connectivity index (χ2n) is 7.74. The smallest absolute Gasteiger partial charge is 0.339 e. The first-order chi connectivity index (χ1) is 14.7. The van der Waals surface area contributed by atoms with Gasteiger partial charge in [0.15, 0.2) is 6.61 Å². The van der Waals surface area contributed by atoms with E-state index < -0.39 is 0 Å². The lowest BCUT2D eigenvalue weighted by atomic mass is 10.0. The topological polar surface area (TPSA) is 88.9 Å². The van der Waals surface area contributed by atoms with E-state index in [0.717, 1.165) is 16.7 Å². The molecule has 0 saturated carbocycles. The van der Waals surface area contributed by atoms with Crippen molar-refractivity contribution in [2.75, 3.05) is 20.7 Å². The lowest BCUT2D eigenvalue weighted by Crippen LogP contribution is -2.28. The van der Waals surface area contributed by atoms with Gasteiger partial charge in [-0.05, 0) is 61.7 Å². The molecule has 0 unspecified atom stereocenters. The fourth-order valence-corrected chi connectivity index (χ4v) is 3.22. The lowest BCUT2D eigenvalue weighted by molar-refractivity contribution is -0.123. The van der Waals surface area contributed by atoms with Crippen LogP contribution < -0.4 is 15.7 Å². The molecule has 1 N–H and O–H groups in total. The van der Waals surface area contributed by atoms with E-state index >= 15 is 0 Å². The summed E-state index contributed by atoms with van der Waals surface area (Å²) in [7, 11) is 3.40. The summed E-state index contributed by atoms with van der Waals surface area (Å²) < 4.78 is 11.2. The van der Waals surface area contributed by atoms with E-state index in [-0.39, 0.29) is 24.0 Å². The minimum Gasteiger partial charge on any atom is -0.483 e. The van der Waals surface area contributed by atoms with Gasteiger partial charge in [-0.25, -0.2) is 4.79 Å². The quantitative estimate of drug-likeness (QED) is 0.617. The Morgan fingerprint density at radius 1 is 1.03 bits per heavy atom. The van der Waals surface area contributed by atoms with Crippen molar-refractivity contribution >= 4 is 22.8 Å². The molecule has 162 valence electrons. The normalized spacial score (nSPS) is 10.7. The number of benzene rings is 2. The van der Waals surface area contributed by atoms with Gasteiger partial charge >= 0.3 is 5.63 Å². The number of hydrogen-bond donors (Lipinski definition) is 1. The highest BCUT2D eigenvalue weighted by atomic mass is 16.5. The molecule has 7 nitrogen and oxygen atoms in total. The fraction of sp³-hybridized carbons (Fsp3) is 0.292. The molecule has 0 aliphatic carbocycles. The van der Waals surface area contributed by atoms with Crippen molar-refractivity contribution < 1.29 is 18.7 Å². The summed E-state index contributed by atoms with van der Waals surface area (Å²) in [6.45, 7) is 5.55. The first-order valence-electron chi connectivity index (χ1n) is 9.92. The summed E-state index contributed by atoms with van der Waals surface area (Å²) in [6.07, 6.45) is 0. The Labute approximate surface area is 180 Å². The average molecular weight is 422 g/mol. The molecule has 0 fully saturated rings. The zero-order valence-corrected chi connectivity index (χ0v) is 18.4. The summed E-state index contributed by atoms with van der Waals surface area (Å²) in [4.78, 5) is 37.7. The monoisotopic (exact) mass is 422 g/mol. The zero-order valence-electron chi connectivity index (χ0n) is 18.4. The molecule has 7 heteroatoms. The largest absolute Gasteiger partial charge is 0.483 e. The van der Waals surface area contributed by atoms with Crippen molar-refractivity contribution in [3.63, 3.8) is 0 Å². The van der Waals surface area contributed by atoms with Crippen LogP contribution in [0.2, 0.25) is 0 Å². The van der Waals surface area contributed by atoms with Crippen LogP contribution in [0.25, 0.3) is 11.0 Å². The van der Waals surface area contributed by atoms with E-state index in [9.17, 15) is 14.4 Å². The minimum absolute atomic E-state index is 0.0734. The van der Waals surface area contributed by atoms with Crippen LogP contribution >= 0.6 is 0 Å². The SMILES string of the molecule is Cc1cc(OCC(=O)NCc2ccc(C(=O)N(C)C)cc2)c2c(C)c(C)c(=O)oc2c1. The van der Waals surface area contributed by atoms with Gasteiger partial charge in [-0.1, -0.05) is 12.1 Å². The van der Waals surface area contributed by atoms with Crippen LogP contribution in [0.5, 0.6) is 5.75 Å². The molecule has 0 radical (unpaired) electrons. The van der Waals surface area contributed by atoms with Gasteiger partial charge in [-0.3, -0.25) is 9.59 Å². The Bertz CT molecular complexity index is 1190. The van der Waals surface area contributed by atoms with Gasteiger partial charge < -0.3 is 19.4 Å². The van der Waals surface area contributed by atoms with Gasteiger partial charge in [0.1, 0.15) is 11.3 Å². The van der Waals surface area contributed by atoms with Gasteiger partial charge in [0.2, 0.25) is 0 Å². The third kappa shape index (κ3) is 4.94. The van der Waals surface area contributed by atoms with Crippen LogP contribution in [0.1, 0.15) is 32.6 Å². The van der Waals surface area contributed by atoms with Gasteiger partial charge in [0.05, 0.1) is 5.39 Å². The van der Waals surface area contributed by atoms with Crippen LogP contribution in [0.4, 0.5) is 0 Å². The van der Waals surface area contributed by atoms with Gasteiger partial charge in [0.25, 0.3) is 11.8 Å². The molecule has 0 aliphatic rings. The van der Waals surface area contributed by atoms with Crippen LogP contribution in [0.15, 0.2) is 45.6 Å². The molecular formula is C24H26N2O5. The van der Waals surface area contributed by atoms with E-state index in [1.165, 1.54) is 4.90 Å². The Hall–Kier alpha value is -3.61. The molecule has 1 heterocycles. The Kier molecular flexibility index (Phi) is 6.44. The summed E-state index contributed by atoms with van der Waals surface area (Å²) in [5.74, 6) is 0.145. The molecule has 2 amide bonds. The predicted octanol–water partition coefficient (Wildman–Crippen LogP) is 3.12. The highest BCUT2D eigenvalue weighted by Crippen LogP contribution is 2.30. The van der Waals surface area contributed by atoms with Gasteiger partial charge in [0, 0.05) is 31.8 Å². The van der Waals surface area contributed by atoms with Crippen LogP contribution in [-0.2, 0) is 11.3 Å². The Morgan fingerprint density at radius 2 is 1.71 bits per heavy atom. The van der Waals surface area contributed by atoms with E-state index in [1.54, 1.807) is 51.4 Å².